The van der Waals surface area contributed by atoms with Crippen molar-refractivity contribution in [3.63, 3.8) is 0 Å². The van der Waals surface area contributed by atoms with Crippen molar-refractivity contribution in [3.05, 3.63) is 41.1 Å². The predicted molar refractivity (Wildman–Crippen MR) is 58.1 cm³/mol. The normalized spacial score (nSPS) is 9.92. The van der Waals surface area contributed by atoms with Crippen molar-refractivity contribution in [2.24, 2.45) is 0 Å². The number of para-hydroxylation sites is 1. The lowest BCUT2D eigenvalue weighted by Crippen LogP contribution is -1.82. The molecule has 0 bridgehead atoms. The van der Waals surface area contributed by atoms with Crippen LogP contribution < -0.4 is 4.74 Å². The number of rotatable bonds is 2. The van der Waals surface area contributed by atoms with E-state index in [4.69, 9.17) is 4.74 Å². The summed E-state index contributed by atoms with van der Waals surface area (Å²) < 4.78 is 5.58. The second kappa shape index (κ2) is 3.85. The van der Waals surface area contributed by atoms with Crippen LogP contribution >= 0.6 is 24.0 Å². The molecule has 2 aromatic rings. The molecule has 13 heavy (non-hydrogen) atoms. The lowest BCUT2D eigenvalue weighted by Gasteiger charge is -2.04. The van der Waals surface area contributed by atoms with Gasteiger partial charge < -0.3 is 4.74 Å². The Morgan fingerprint density at radius 3 is 2.69 bits per heavy atom. The smallest absolute Gasteiger partial charge is 0.140 e. The standard InChI is InChI=1S/C10H8OS2/c12-10-4-2-1-3-9(10)11-8-5-6-13-7-8/h1-7,12H. The molecule has 0 radical (unpaired) electrons. The topological polar surface area (TPSA) is 9.23 Å². The fraction of sp³-hybridized carbons (Fsp3) is 0. The van der Waals surface area contributed by atoms with E-state index in [1.807, 2.05) is 41.1 Å². The van der Waals surface area contributed by atoms with E-state index in [0.717, 1.165) is 16.4 Å². The van der Waals surface area contributed by atoms with Gasteiger partial charge in [-0.2, -0.15) is 0 Å². The Labute approximate surface area is 86.4 Å². The largest absolute Gasteiger partial charge is 0.455 e. The average molecular weight is 208 g/mol. The molecule has 1 aromatic heterocycles. The van der Waals surface area contributed by atoms with Crippen LogP contribution in [0.5, 0.6) is 11.5 Å². The maximum atomic E-state index is 5.58. The molecule has 0 aliphatic heterocycles. The monoisotopic (exact) mass is 208 g/mol. The molecule has 3 heteroatoms. The van der Waals surface area contributed by atoms with Gasteiger partial charge in [0.1, 0.15) is 11.5 Å². The summed E-state index contributed by atoms with van der Waals surface area (Å²) in [7, 11) is 0. The van der Waals surface area contributed by atoms with Crippen molar-refractivity contribution in [2.45, 2.75) is 4.90 Å². The Hall–Kier alpha value is -0.930. The summed E-state index contributed by atoms with van der Waals surface area (Å²) in [6.07, 6.45) is 0. The van der Waals surface area contributed by atoms with E-state index in [-0.39, 0.29) is 0 Å². The maximum Gasteiger partial charge on any atom is 0.140 e. The fourth-order valence-corrected chi connectivity index (χ4v) is 1.74. The summed E-state index contributed by atoms with van der Waals surface area (Å²) in [5.74, 6) is 1.66. The number of hydrogen-bond acceptors (Lipinski definition) is 3. The summed E-state index contributed by atoms with van der Waals surface area (Å²) in [5.41, 5.74) is 0. The number of ether oxygens (including phenoxy) is 1. The van der Waals surface area contributed by atoms with Crippen LogP contribution in [0.4, 0.5) is 0 Å². The summed E-state index contributed by atoms with van der Waals surface area (Å²) in [4.78, 5) is 0.855. The molecule has 0 saturated heterocycles. The van der Waals surface area contributed by atoms with Gasteiger partial charge >= 0.3 is 0 Å². The Balaban J connectivity index is 2.24. The lowest BCUT2D eigenvalue weighted by atomic mass is 10.3. The third kappa shape index (κ3) is 2.05. The molecule has 0 fully saturated rings. The zero-order chi connectivity index (χ0) is 9.10. The van der Waals surface area contributed by atoms with Crippen molar-refractivity contribution in [2.75, 3.05) is 0 Å². The van der Waals surface area contributed by atoms with E-state index in [1.54, 1.807) is 11.3 Å². The van der Waals surface area contributed by atoms with Gasteiger partial charge in [-0.15, -0.1) is 24.0 Å². The van der Waals surface area contributed by atoms with E-state index in [2.05, 4.69) is 12.6 Å². The van der Waals surface area contributed by atoms with Gasteiger partial charge in [-0.3, -0.25) is 0 Å². The summed E-state index contributed by atoms with van der Waals surface area (Å²) in [5, 5.41) is 3.94. The molecule has 0 aliphatic rings. The first kappa shape index (κ1) is 8.66. The second-order valence-corrected chi connectivity index (χ2v) is 3.79. The predicted octanol–water partition coefficient (Wildman–Crippen LogP) is 3.83. The minimum absolute atomic E-state index is 0.796. The zero-order valence-electron chi connectivity index (χ0n) is 6.81. The Kier molecular flexibility index (Phi) is 2.57. The van der Waals surface area contributed by atoms with Crippen molar-refractivity contribution >= 4 is 24.0 Å². The van der Waals surface area contributed by atoms with Crippen LogP contribution in [0.15, 0.2) is 46.0 Å². The van der Waals surface area contributed by atoms with Crippen molar-refractivity contribution in [1.29, 1.82) is 0 Å². The van der Waals surface area contributed by atoms with Crippen LogP contribution in [0, 0.1) is 0 Å². The molecular formula is C10H8OS2. The van der Waals surface area contributed by atoms with Crippen LogP contribution in [-0.2, 0) is 0 Å². The van der Waals surface area contributed by atoms with Crippen LogP contribution in [0.2, 0.25) is 0 Å². The first-order valence-corrected chi connectivity index (χ1v) is 5.23. The molecule has 0 unspecified atom stereocenters. The lowest BCUT2D eigenvalue weighted by molar-refractivity contribution is 0.473. The fourth-order valence-electron chi connectivity index (χ4n) is 0.980. The minimum Gasteiger partial charge on any atom is -0.455 e. The van der Waals surface area contributed by atoms with Gasteiger partial charge in [-0.05, 0) is 23.6 Å². The molecular weight excluding hydrogens is 200 g/mol. The molecule has 0 saturated carbocycles. The van der Waals surface area contributed by atoms with Crippen LogP contribution in [-0.4, -0.2) is 0 Å². The van der Waals surface area contributed by atoms with E-state index < -0.39 is 0 Å². The molecule has 1 heterocycles. The van der Waals surface area contributed by atoms with Crippen molar-refractivity contribution in [3.8, 4) is 11.5 Å². The van der Waals surface area contributed by atoms with Gasteiger partial charge in [0.2, 0.25) is 0 Å². The first-order chi connectivity index (χ1) is 6.36. The Morgan fingerprint density at radius 1 is 1.15 bits per heavy atom. The van der Waals surface area contributed by atoms with Gasteiger partial charge in [0.15, 0.2) is 0 Å². The van der Waals surface area contributed by atoms with Crippen molar-refractivity contribution in [1.82, 2.24) is 0 Å². The molecule has 0 spiro atoms. The van der Waals surface area contributed by atoms with E-state index in [1.165, 1.54) is 0 Å². The molecule has 0 aliphatic carbocycles. The number of thiol groups is 1. The molecule has 0 amide bonds. The van der Waals surface area contributed by atoms with Gasteiger partial charge in [0.05, 0.1) is 0 Å². The molecule has 66 valence electrons. The van der Waals surface area contributed by atoms with E-state index in [9.17, 15) is 0 Å². The van der Waals surface area contributed by atoms with Crippen molar-refractivity contribution < 1.29 is 4.74 Å². The van der Waals surface area contributed by atoms with E-state index >= 15 is 0 Å². The van der Waals surface area contributed by atoms with Crippen LogP contribution in [0.3, 0.4) is 0 Å². The maximum absolute atomic E-state index is 5.58. The molecule has 1 aromatic carbocycles. The Bertz CT molecular complexity index is 382. The number of thiophene rings is 1. The summed E-state index contributed by atoms with van der Waals surface area (Å²) >= 11 is 5.90. The van der Waals surface area contributed by atoms with Gasteiger partial charge in [0.25, 0.3) is 0 Å². The molecule has 2 rings (SSSR count). The number of hydrogen-bond donors (Lipinski definition) is 1. The molecule has 0 N–H and O–H groups in total. The minimum atomic E-state index is 0.796. The number of benzene rings is 1. The summed E-state index contributed by atoms with van der Waals surface area (Å²) in [6, 6.07) is 9.61. The highest BCUT2D eigenvalue weighted by atomic mass is 32.1. The highest BCUT2D eigenvalue weighted by Crippen LogP contribution is 2.28. The zero-order valence-corrected chi connectivity index (χ0v) is 8.52. The van der Waals surface area contributed by atoms with Gasteiger partial charge in [-0.1, -0.05) is 12.1 Å². The summed E-state index contributed by atoms with van der Waals surface area (Å²) in [6.45, 7) is 0. The third-order valence-electron chi connectivity index (χ3n) is 1.59. The second-order valence-electron chi connectivity index (χ2n) is 2.53. The third-order valence-corrected chi connectivity index (χ3v) is 2.62. The molecule has 0 atom stereocenters. The van der Waals surface area contributed by atoms with Gasteiger partial charge in [-0.25, -0.2) is 0 Å². The molecule has 1 nitrogen and oxygen atoms in total. The SMILES string of the molecule is Sc1ccccc1Oc1ccsc1. The van der Waals surface area contributed by atoms with E-state index in [0.29, 0.717) is 0 Å². The van der Waals surface area contributed by atoms with Crippen LogP contribution in [0.1, 0.15) is 0 Å². The highest BCUT2D eigenvalue weighted by molar-refractivity contribution is 7.80. The first-order valence-electron chi connectivity index (χ1n) is 3.84. The van der Waals surface area contributed by atoms with Gasteiger partial charge in [0, 0.05) is 10.3 Å². The average Bonchev–Trinajstić information content (AvgIpc) is 2.61. The Morgan fingerprint density at radius 2 is 2.00 bits per heavy atom. The quantitative estimate of drug-likeness (QED) is 0.738. The highest BCUT2D eigenvalue weighted by Gasteiger charge is 1.99. The van der Waals surface area contributed by atoms with Crippen LogP contribution in [0.25, 0.3) is 0 Å².